The summed E-state index contributed by atoms with van der Waals surface area (Å²) in [5.74, 6) is 0.330. The van der Waals surface area contributed by atoms with Crippen LogP contribution in [0.5, 0.6) is 5.75 Å². The Hall–Kier alpha value is -3.62. The van der Waals surface area contributed by atoms with Crippen LogP contribution >= 0.6 is 11.6 Å². The van der Waals surface area contributed by atoms with Crippen LogP contribution in [-0.2, 0) is 7.05 Å². The summed E-state index contributed by atoms with van der Waals surface area (Å²) in [6.45, 7) is 4.17. The summed E-state index contributed by atoms with van der Waals surface area (Å²) in [7, 11) is 1.66. The third kappa shape index (κ3) is 3.43. The topological polar surface area (TPSA) is 66.3 Å². The van der Waals surface area contributed by atoms with E-state index in [1.807, 2.05) is 6.07 Å². The molecule has 0 saturated carbocycles. The Balaban J connectivity index is 1.24. The van der Waals surface area contributed by atoms with Crippen LogP contribution in [0.1, 0.15) is 19.8 Å². The van der Waals surface area contributed by atoms with Crippen molar-refractivity contribution in [2.24, 2.45) is 7.05 Å². The van der Waals surface area contributed by atoms with Gasteiger partial charge >= 0.3 is 5.69 Å². The maximum Gasteiger partial charge on any atom is 0.332 e. The van der Waals surface area contributed by atoms with Gasteiger partial charge in [0.05, 0.1) is 16.2 Å². The number of hydrogen-bond acceptors (Lipinski definition) is 5. The predicted molar refractivity (Wildman–Crippen MR) is 146 cm³/mol. The molecule has 3 aliphatic heterocycles. The molecule has 1 N–H and O–H groups in total. The van der Waals surface area contributed by atoms with E-state index in [0.29, 0.717) is 45.0 Å². The van der Waals surface area contributed by atoms with Crippen LogP contribution in [0.15, 0.2) is 65.8 Å². The van der Waals surface area contributed by atoms with Gasteiger partial charge in [-0.15, -0.1) is 0 Å². The third-order valence-electron chi connectivity index (χ3n) is 8.61. The van der Waals surface area contributed by atoms with E-state index in [4.69, 9.17) is 11.6 Å². The quantitative estimate of drug-likeness (QED) is 0.382. The van der Waals surface area contributed by atoms with Crippen molar-refractivity contribution < 1.29 is 9.50 Å². The number of rotatable bonds is 4. The van der Waals surface area contributed by atoms with E-state index < -0.39 is 5.82 Å². The Bertz CT molecular complexity index is 1670. The predicted octanol–water partition coefficient (Wildman–Crippen LogP) is 4.83. The average Bonchev–Trinajstić information content (AvgIpc) is 3.15. The second-order valence-electron chi connectivity index (χ2n) is 10.9. The molecule has 4 aromatic rings. The minimum atomic E-state index is -0.470. The number of hydrogen-bond donors (Lipinski definition) is 1. The summed E-state index contributed by atoms with van der Waals surface area (Å²) in [6.07, 6.45) is 7.49. The second-order valence-corrected chi connectivity index (χ2v) is 11.3. The molecule has 3 aliphatic rings. The summed E-state index contributed by atoms with van der Waals surface area (Å²) < 4.78 is 17.8. The molecule has 38 heavy (non-hydrogen) atoms. The number of benzene rings is 2. The van der Waals surface area contributed by atoms with Gasteiger partial charge in [0.25, 0.3) is 0 Å². The Morgan fingerprint density at radius 3 is 2.53 bits per heavy atom. The molecule has 7 rings (SSSR count). The van der Waals surface area contributed by atoms with Gasteiger partial charge < -0.3 is 14.6 Å². The van der Waals surface area contributed by atoms with Crippen molar-refractivity contribution in [2.75, 3.05) is 18.0 Å². The van der Waals surface area contributed by atoms with Gasteiger partial charge in [0.15, 0.2) is 0 Å². The Kier molecular flexibility index (Phi) is 5.06. The molecule has 4 atom stereocenters. The molecular formula is C29H27ClFN5O2. The molecular weight excluding hydrogens is 505 g/mol. The van der Waals surface area contributed by atoms with Gasteiger partial charge in [-0.05, 0) is 67.3 Å². The summed E-state index contributed by atoms with van der Waals surface area (Å²) in [4.78, 5) is 22.0. The number of phenolic OH excluding ortho intramolecular Hbond substituents is 1. The van der Waals surface area contributed by atoms with Gasteiger partial charge in [-0.1, -0.05) is 17.7 Å². The molecule has 3 fully saturated rings. The number of anilines is 1. The number of pyridine rings is 1. The second kappa shape index (κ2) is 8.19. The van der Waals surface area contributed by atoms with E-state index in [1.54, 1.807) is 49.9 Å². The van der Waals surface area contributed by atoms with Crippen molar-refractivity contribution in [1.82, 2.24) is 19.0 Å². The molecule has 9 heteroatoms. The third-order valence-corrected chi connectivity index (χ3v) is 8.91. The lowest BCUT2D eigenvalue weighted by atomic mass is 9.95. The molecule has 0 aliphatic carbocycles. The van der Waals surface area contributed by atoms with Crippen molar-refractivity contribution >= 4 is 17.4 Å². The monoisotopic (exact) mass is 531 g/mol. The van der Waals surface area contributed by atoms with E-state index in [0.717, 1.165) is 18.9 Å². The molecule has 0 bridgehead atoms. The lowest BCUT2D eigenvalue weighted by Gasteiger charge is -2.38. The Labute approximate surface area is 224 Å². The minimum absolute atomic E-state index is 0.0396. The molecule has 2 aromatic heterocycles. The van der Waals surface area contributed by atoms with E-state index in [-0.39, 0.29) is 17.0 Å². The molecule has 5 heterocycles. The fourth-order valence-corrected chi connectivity index (χ4v) is 6.98. The maximum atomic E-state index is 14.9. The first-order valence-corrected chi connectivity index (χ1v) is 13.2. The Morgan fingerprint density at radius 2 is 1.84 bits per heavy atom. The van der Waals surface area contributed by atoms with Crippen LogP contribution in [0.4, 0.5) is 10.2 Å². The highest BCUT2D eigenvalue weighted by molar-refractivity contribution is 6.32. The lowest BCUT2D eigenvalue weighted by molar-refractivity contribution is 0.289. The van der Waals surface area contributed by atoms with Gasteiger partial charge in [0.2, 0.25) is 0 Å². The lowest BCUT2D eigenvalue weighted by Crippen LogP contribution is -2.50. The van der Waals surface area contributed by atoms with Gasteiger partial charge in [-0.25, -0.2) is 14.2 Å². The molecule has 7 nitrogen and oxygen atoms in total. The number of aromatic nitrogens is 3. The minimum Gasteiger partial charge on any atom is -0.507 e. The zero-order valence-electron chi connectivity index (χ0n) is 21.1. The van der Waals surface area contributed by atoms with Crippen LogP contribution in [0, 0.1) is 5.82 Å². The SMILES string of the molecule is Cn1ccn(-c2ccc(-c3cc(F)cc(-c4ccnc(N5CC6CCC7N6C7(C)C5)c4)c3O)cc2Cl)c1=O. The fourth-order valence-electron chi connectivity index (χ4n) is 6.70. The number of phenols is 1. The number of piperazine rings is 1. The zero-order chi connectivity index (χ0) is 26.3. The van der Waals surface area contributed by atoms with Crippen molar-refractivity contribution in [3.8, 4) is 33.7 Å². The van der Waals surface area contributed by atoms with E-state index >= 15 is 0 Å². The van der Waals surface area contributed by atoms with Crippen LogP contribution < -0.4 is 10.6 Å². The van der Waals surface area contributed by atoms with Crippen molar-refractivity contribution in [3.63, 3.8) is 0 Å². The first kappa shape index (κ1) is 23.5. The number of halogens is 2. The van der Waals surface area contributed by atoms with Crippen molar-refractivity contribution in [3.05, 3.63) is 82.4 Å². The van der Waals surface area contributed by atoms with Crippen LogP contribution in [0.25, 0.3) is 27.9 Å². The highest BCUT2D eigenvalue weighted by atomic mass is 35.5. The molecule has 194 valence electrons. The molecule has 4 unspecified atom stereocenters. The molecule has 0 radical (unpaired) electrons. The number of aromatic hydroxyl groups is 1. The average molecular weight is 532 g/mol. The normalized spacial score (nSPS) is 25.5. The Morgan fingerprint density at radius 1 is 1.08 bits per heavy atom. The number of fused-ring (bicyclic) bond motifs is 1. The standard InChI is InChI=1S/C29H27ClFN5O2/c1-29-16-34(15-20-4-6-25(29)36(20)29)26-12-18(7-8-32-26)22-14-19(31)13-21(27(22)37)17-3-5-24(23(30)11-17)35-10-9-33(2)28(35)38/h3,5,7-14,20,25,37H,4,6,15-16H2,1-2H3. The van der Waals surface area contributed by atoms with E-state index in [9.17, 15) is 14.3 Å². The van der Waals surface area contributed by atoms with Crippen molar-refractivity contribution in [2.45, 2.75) is 37.4 Å². The summed E-state index contributed by atoms with van der Waals surface area (Å²) in [5.41, 5.74) is 2.44. The number of nitrogens with zero attached hydrogens (tertiary/aromatic N) is 5. The highest BCUT2D eigenvalue weighted by Gasteiger charge is 2.67. The number of piperidine rings is 1. The van der Waals surface area contributed by atoms with Crippen LogP contribution in [-0.4, -0.2) is 54.8 Å². The van der Waals surface area contributed by atoms with Crippen LogP contribution in [0.2, 0.25) is 5.02 Å². The fraction of sp³-hybridized carbons (Fsp3) is 0.310. The molecule has 3 saturated heterocycles. The first-order valence-electron chi connectivity index (χ1n) is 12.8. The smallest absolute Gasteiger partial charge is 0.332 e. The van der Waals surface area contributed by atoms with E-state index in [1.165, 1.54) is 34.1 Å². The van der Waals surface area contributed by atoms with Gasteiger partial charge in [0, 0.05) is 61.9 Å². The maximum absolute atomic E-state index is 14.9. The molecule has 0 amide bonds. The number of aryl methyl sites for hydroxylation is 1. The first-order chi connectivity index (χ1) is 18.2. The molecule has 0 spiro atoms. The zero-order valence-corrected chi connectivity index (χ0v) is 21.9. The van der Waals surface area contributed by atoms with Crippen molar-refractivity contribution in [1.29, 1.82) is 0 Å². The summed E-state index contributed by atoms with van der Waals surface area (Å²) in [5, 5.41) is 11.6. The van der Waals surface area contributed by atoms with Gasteiger partial charge in [-0.3, -0.25) is 9.47 Å². The summed E-state index contributed by atoms with van der Waals surface area (Å²) in [6, 6.07) is 12.7. The largest absolute Gasteiger partial charge is 0.507 e. The van der Waals surface area contributed by atoms with Gasteiger partial charge in [0.1, 0.15) is 17.4 Å². The number of imidazole rings is 1. The molecule has 2 aromatic carbocycles. The van der Waals surface area contributed by atoms with Gasteiger partial charge in [-0.2, -0.15) is 0 Å². The van der Waals surface area contributed by atoms with Crippen LogP contribution in [0.3, 0.4) is 0 Å². The summed E-state index contributed by atoms with van der Waals surface area (Å²) >= 11 is 6.54. The highest BCUT2D eigenvalue weighted by Crippen LogP contribution is 2.55. The van der Waals surface area contributed by atoms with E-state index in [2.05, 4.69) is 21.7 Å².